The zero-order valence-electron chi connectivity index (χ0n) is 13.5. The first-order chi connectivity index (χ1) is 10.8. The van der Waals surface area contributed by atoms with Crippen LogP contribution in [0.4, 0.5) is 13.2 Å². The van der Waals surface area contributed by atoms with Crippen LogP contribution in [-0.2, 0) is 6.18 Å². The molecule has 0 aliphatic carbocycles. The predicted octanol–water partition coefficient (Wildman–Crippen LogP) is 4.46. The molecule has 0 radical (unpaired) electrons. The molecule has 2 nitrogen and oxygen atoms in total. The van der Waals surface area contributed by atoms with Crippen LogP contribution >= 0.6 is 0 Å². The molecule has 3 rings (SSSR count). The molecule has 2 unspecified atom stereocenters. The molecule has 2 fully saturated rings. The summed E-state index contributed by atoms with van der Waals surface area (Å²) >= 11 is 0. The molecule has 0 N–H and O–H groups in total. The molecule has 0 aromatic heterocycles. The van der Waals surface area contributed by atoms with E-state index in [0.29, 0.717) is 23.2 Å². The second kappa shape index (κ2) is 5.93. The van der Waals surface area contributed by atoms with Gasteiger partial charge in [-0.25, -0.2) is 0 Å². The van der Waals surface area contributed by atoms with Crippen LogP contribution < -0.4 is 0 Å². The van der Waals surface area contributed by atoms with Crippen molar-refractivity contribution in [2.24, 2.45) is 5.92 Å². The number of hydrogen-bond donors (Lipinski definition) is 0. The minimum atomic E-state index is -4.36. The van der Waals surface area contributed by atoms with Gasteiger partial charge in [0.25, 0.3) is 0 Å². The third kappa shape index (κ3) is 3.16. The van der Waals surface area contributed by atoms with Crippen molar-refractivity contribution in [1.82, 2.24) is 4.90 Å². The van der Waals surface area contributed by atoms with E-state index >= 15 is 0 Å². The van der Waals surface area contributed by atoms with E-state index in [2.05, 4.69) is 11.9 Å². The Morgan fingerprint density at radius 2 is 1.78 bits per heavy atom. The molecular formula is C18H22F3NO. The lowest BCUT2D eigenvalue weighted by molar-refractivity contribution is -0.137. The highest BCUT2D eigenvalue weighted by atomic mass is 19.4. The fraction of sp³-hybridized carbons (Fsp3) is 0.611. The van der Waals surface area contributed by atoms with Crippen LogP contribution in [0.2, 0.25) is 0 Å². The molecule has 2 bridgehead atoms. The van der Waals surface area contributed by atoms with E-state index in [1.807, 2.05) is 0 Å². The maximum atomic E-state index is 12.8. The molecule has 126 valence electrons. The van der Waals surface area contributed by atoms with Crippen molar-refractivity contribution < 1.29 is 18.0 Å². The van der Waals surface area contributed by atoms with Gasteiger partial charge in [0, 0.05) is 23.6 Å². The van der Waals surface area contributed by atoms with E-state index in [9.17, 15) is 18.0 Å². The van der Waals surface area contributed by atoms with Gasteiger partial charge >= 0.3 is 6.18 Å². The van der Waals surface area contributed by atoms with Gasteiger partial charge in [0.2, 0.25) is 0 Å². The number of carbonyl (C=O) groups is 1. The Kier molecular flexibility index (Phi) is 4.25. The summed E-state index contributed by atoms with van der Waals surface area (Å²) in [4.78, 5) is 15.2. The quantitative estimate of drug-likeness (QED) is 0.748. The second-order valence-corrected chi connectivity index (χ2v) is 6.96. The molecule has 0 saturated carbocycles. The molecule has 23 heavy (non-hydrogen) atoms. The summed E-state index contributed by atoms with van der Waals surface area (Å²) in [6.07, 6.45) is 0.723. The maximum Gasteiger partial charge on any atom is 0.416 e. The lowest BCUT2D eigenvalue weighted by Gasteiger charge is -2.46. The van der Waals surface area contributed by atoms with Crippen molar-refractivity contribution in [1.29, 1.82) is 0 Å². The number of hydrogen-bond acceptors (Lipinski definition) is 2. The summed E-state index contributed by atoms with van der Waals surface area (Å²) in [7, 11) is 2.12. The third-order valence-electron chi connectivity index (χ3n) is 5.53. The Labute approximate surface area is 134 Å². The van der Waals surface area contributed by atoms with E-state index in [4.69, 9.17) is 0 Å². The molecular weight excluding hydrogens is 303 g/mol. The zero-order valence-corrected chi connectivity index (χ0v) is 13.5. The number of rotatable bonds is 2. The fourth-order valence-electron chi connectivity index (χ4n) is 4.17. The van der Waals surface area contributed by atoms with Gasteiger partial charge < -0.3 is 4.90 Å². The van der Waals surface area contributed by atoms with Crippen molar-refractivity contribution in [3.05, 3.63) is 34.9 Å². The summed E-state index contributed by atoms with van der Waals surface area (Å²) in [5, 5.41) is 0. The number of benzene rings is 1. The number of aryl methyl sites for hydroxylation is 1. The molecule has 2 saturated heterocycles. The highest BCUT2D eigenvalue weighted by molar-refractivity contribution is 5.99. The molecule has 1 aromatic rings. The minimum absolute atomic E-state index is 0.0150. The average Bonchev–Trinajstić information content (AvgIpc) is 2.45. The number of ketones is 1. The minimum Gasteiger partial charge on any atom is -0.300 e. The monoisotopic (exact) mass is 325 g/mol. The van der Waals surface area contributed by atoms with Gasteiger partial charge in [-0.3, -0.25) is 4.79 Å². The smallest absolute Gasteiger partial charge is 0.300 e. The van der Waals surface area contributed by atoms with E-state index < -0.39 is 11.7 Å². The van der Waals surface area contributed by atoms with Crippen molar-refractivity contribution in [3.8, 4) is 0 Å². The second-order valence-electron chi connectivity index (χ2n) is 6.96. The lowest BCUT2D eigenvalue weighted by atomic mass is 9.75. The van der Waals surface area contributed by atoms with Crippen LogP contribution in [0.15, 0.2) is 18.2 Å². The highest BCUT2D eigenvalue weighted by Gasteiger charge is 2.39. The van der Waals surface area contributed by atoms with Crippen molar-refractivity contribution in [2.75, 3.05) is 7.05 Å². The SMILES string of the molecule is Cc1cc(C(F)(F)F)ccc1C(=O)C1CC2CCCC(C1)N2C. The normalized spacial score (nSPS) is 28.7. The van der Waals surface area contributed by atoms with Gasteiger partial charge in [0.15, 0.2) is 5.78 Å². The summed E-state index contributed by atoms with van der Waals surface area (Å²) in [6, 6.07) is 4.34. The Hall–Kier alpha value is -1.36. The molecule has 0 spiro atoms. The van der Waals surface area contributed by atoms with Crippen molar-refractivity contribution in [3.63, 3.8) is 0 Å². The van der Waals surface area contributed by atoms with E-state index in [0.717, 1.165) is 37.8 Å². The topological polar surface area (TPSA) is 20.3 Å². The summed E-state index contributed by atoms with van der Waals surface area (Å²) in [5.74, 6) is -0.0434. The highest BCUT2D eigenvalue weighted by Crippen LogP contribution is 2.38. The Bertz CT molecular complexity index is 597. The first kappa shape index (κ1) is 16.5. The van der Waals surface area contributed by atoms with Crippen LogP contribution in [0.25, 0.3) is 0 Å². The molecule has 2 aliphatic heterocycles. The predicted molar refractivity (Wildman–Crippen MR) is 82.4 cm³/mol. The fourth-order valence-corrected chi connectivity index (χ4v) is 4.17. The first-order valence-corrected chi connectivity index (χ1v) is 8.21. The molecule has 1 aromatic carbocycles. The van der Waals surface area contributed by atoms with E-state index in [-0.39, 0.29) is 11.7 Å². The van der Waals surface area contributed by atoms with Gasteiger partial charge in [-0.05, 0) is 57.4 Å². The number of Topliss-reactive ketones (excluding diaryl/α,β-unsaturated/α-hetero) is 1. The van der Waals surface area contributed by atoms with E-state index in [1.54, 1.807) is 6.92 Å². The van der Waals surface area contributed by atoms with Crippen molar-refractivity contribution in [2.45, 2.75) is 57.3 Å². The summed E-state index contributed by atoms with van der Waals surface area (Å²) < 4.78 is 38.3. The van der Waals surface area contributed by atoms with Gasteiger partial charge in [0.1, 0.15) is 0 Å². The number of halogens is 3. The van der Waals surface area contributed by atoms with Crippen molar-refractivity contribution >= 4 is 5.78 Å². The average molecular weight is 325 g/mol. The van der Waals surface area contributed by atoms with Crippen LogP contribution in [0, 0.1) is 12.8 Å². The molecule has 2 atom stereocenters. The van der Waals surface area contributed by atoms with Gasteiger partial charge in [-0.15, -0.1) is 0 Å². The molecule has 0 amide bonds. The molecule has 2 aliphatic rings. The lowest BCUT2D eigenvalue weighted by Crippen LogP contribution is -2.51. The number of nitrogens with zero attached hydrogens (tertiary/aromatic N) is 1. The first-order valence-electron chi connectivity index (χ1n) is 8.21. The van der Waals surface area contributed by atoms with Crippen LogP contribution in [0.1, 0.15) is 53.6 Å². The molecule has 5 heteroatoms. The van der Waals surface area contributed by atoms with Crippen LogP contribution in [-0.4, -0.2) is 29.8 Å². The van der Waals surface area contributed by atoms with Crippen LogP contribution in [0.3, 0.4) is 0 Å². The third-order valence-corrected chi connectivity index (χ3v) is 5.53. The number of alkyl halides is 3. The Morgan fingerprint density at radius 1 is 1.17 bits per heavy atom. The van der Waals surface area contributed by atoms with Gasteiger partial charge in [-0.1, -0.05) is 12.5 Å². The number of fused-ring (bicyclic) bond motifs is 2. The number of carbonyl (C=O) groups excluding carboxylic acids is 1. The Balaban J connectivity index is 1.81. The summed E-state index contributed by atoms with van der Waals surface area (Å²) in [5.41, 5.74) is 0.186. The molecule has 2 heterocycles. The Morgan fingerprint density at radius 3 is 2.30 bits per heavy atom. The summed E-state index contributed by atoms with van der Waals surface area (Å²) in [6.45, 7) is 1.60. The zero-order chi connectivity index (χ0) is 16.8. The van der Waals surface area contributed by atoms with Gasteiger partial charge in [-0.2, -0.15) is 13.2 Å². The maximum absolute atomic E-state index is 12.8. The van der Waals surface area contributed by atoms with Crippen LogP contribution in [0.5, 0.6) is 0 Å². The number of piperidine rings is 2. The van der Waals surface area contributed by atoms with Gasteiger partial charge in [0.05, 0.1) is 5.56 Å². The van der Waals surface area contributed by atoms with E-state index in [1.165, 1.54) is 12.5 Å². The largest absolute Gasteiger partial charge is 0.416 e. The standard InChI is InChI=1S/C18H22F3NO/c1-11-8-13(18(19,20)21)6-7-16(11)17(23)12-9-14-4-3-5-15(10-12)22(14)2/h6-8,12,14-15H,3-5,9-10H2,1-2H3.